The van der Waals surface area contributed by atoms with Gasteiger partial charge in [-0.25, -0.2) is 0 Å². The van der Waals surface area contributed by atoms with Gasteiger partial charge in [0.15, 0.2) is 0 Å². The zero-order valence-electron chi connectivity index (χ0n) is 10.3. The number of carboxylic acids is 1. The van der Waals surface area contributed by atoms with E-state index in [4.69, 9.17) is 16.7 Å². The van der Waals surface area contributed by atoms with Crippen LogP contribution in [-0.2, 0) is 4.79 Å². The van der Waals surface area contributed by atoms with E-state index in [-0.39, 0.29) is 17.2 Å². The minimum Gasteiger partial charge on any atom is -0.481 e. The number of carbonyl (C=O) groups excluding carboxylic acids is 1. The number of hydrogen-bond acceptors (Lipinski definition) is 3. The fourth-order valence-corrected chi connectivity index (χ4v) is 4.00. The van der Waals surface area contributed by atoms with Crippen molar-refractivity contribution in [1.29, 1.82) is 0 Å². The molecule has 3 rings (SSSR count). The molecule has 2 heterocycles. The highest BCUT2D eigenvalue weighted by molar-refractivity contribution is 7.17. The number of carboxylic acid groups (broad SMARTS) is 1. The normalized spacial score (nSPS) is 24.5. The molecule has 1 amide bonds. The molecule has 0 bridgehead atoms. The van der Waals surface area contributed by atoms with E-state index in [0.29, 0.717) is 22.3 Å². The van der Waals surface area contributed by atoms with Gasteiger partial charge in [0.25, 0.3) is 5.91 Å². The van der Waals surface area contributed by atoms with Gasteiger partial charge in [-0.3, -0.25) is 9.59 Å². The van der Waals surface area contributed by atoms with E-state index < -0.39 is 5.97 Å². The van der Waals surface area contributed by atoms with Crippen molar-refractivity contribution in [1.82, 2.24) is 4.90 Å². The summed E-state index contributed by atoms with van der Waals surface area (Å²) < 4.78 is 0.616. The Labute approximate surface area is 120 Å². The molecule has 0 aromatic carbocycles. The second-order valence-corrected chi connectivity index (χ2v) is 7.07. The predicted octanol–water partition coefficient (Wildman–Crippen LogP) is 2.73. The lowest BCUT2D eigenvalue weighted by molar-refractivity contribution is -0.139. The molecule has 1 unspecified atom stereocenters. The van der Waals surface area contributed by atoms with Crippen molar-refractivity contribution in [2.75, 3.05) is 13.1 Å². The molecule has 1 aromatic rings. The summed E-state index contributed by atoms with van der Waals surface area (Å²) in [5.41, 5.74) is -0.0320. The Kier molecular flexibility index (Phi) is 3.06. The summed E-state index contributed by atoms with van der Waals surface area (Å²) in [6, 6.07) is 3.48. The number of nitrogens with zero attached hydrogens (tertiary/aromatic N) is 1. The van der Waals surface area contributed by atoms with E-state index in [1.54, 1.807) is 12.1 Å². The zero-order chi connectivity index (χ0) is 13.6. The summed E-state index contributed by atoms with van der Waals surface area (Å²) in [5, 5.41) is 9.03. The van der Waals surface area contributed by atoms with Crippen LogP contribution in [0.4, 0.5) is 0 Å². The molecule has 1 saturated carbocycles. The number of halogens is 1. The van der Waals surface area contributed by atoms with E-state index in [0.717, 1.165) is 19.3 Å². The predicted molar refractivity (Wildman–Crippen MR) is 72.6 cm³/mol. The Morgan fingerprint density at radius 3 is 2.53 bits per heavy atom. The number of hydrogen-bond donors (Lipinski definition) is 1. The summed E-state index contributed by atoms with van der Waals surface area (Å²) in [4.78, 5) is 25.7. The monoisotopic (exact) mass is 299 g/mol. The van der Waals surface area contributed by atoms with Gasteiger partial charge in [0.1, 0.15) is 0 Å². The lowest BCUT2D eigenvalue weighted by atomic mass is 9.91. The van der Waals surface area contributed by atoms with Crippen LogP contribution in [0, 0.1) is 11.3 Å². The quantitative estimate of drug-likeness (QED) is 0.913. The largest absolute Gasteiger partial charge is 0.481 e. The van der Waals surface area contributed by atoms with Crippen molar-refractivity contribution in [3.8, 4) is 0 Å². The fraction of sp³-hybridized carbons (Fsp3) is 0.538. The van der Waals surface area contributed by atoms with Crippen LogP contribution in [0.25, 0.3) is 0 Å². The number of aliphatic carboxylic acids is 1. The topological polar surface area (TPSA) is 57.6 Å². The van der Waals surface area contributed by atoms with E-state index in [1.807, 2.05) is 4.90 Å². The number of carbonyl (C=O) groups is 2. The first kappa shape index (κ1) is 12.9. The molecule has 1 spiro atoms. The number of rotatable bonds is 2. The van der Waals surface area contributed by atoms with E-state index in [2.05, 4.69) is 0 Å². The summed E-state index contributed by atoms with van der Waals surface area (Å²) in [7, 11) is 0. The van der Waals surface area contributed by atoms with Crippen LogP contribution < -0.4 is 0 Å². The molecule has 1 atom stereocenters. The van der Waals surface area contributed by atoms with Crippen molar-refractivity contribution in [2.45, 2.75) is 19.3 Å². The molecular weight excluding hydrogens is 286 g/mol. The molecule has 2 aliphatic rings. The lowest BCUT2D eigenvalue weighted by Gasteiger charge is -2.32. The molecule has 19 heavy (non-hydrogen) atoms. The van der Waals surface area contributed by atoms with Gasteiger partial charge in [0.05, 0.1) is 15.1 Å². The van der Waals surface area contributed by atoms with Gasteiger partial charge in [-0.1, -0.05) is 11.6 Å². The molecule has 6 heteroatoms. The lowest BCUT2D eigenvalue weighted by Crippen LogP contribution is -2.39. The number of likely N-dealkylation sites (tertiary alicyclic amines) is 1. The van der Waals surface area contributed by atoms with Gasteiger partial charge in [-0.15, -0.1) is 11.3 Å². The molecule has 1 N–H and O–H groups in total. The Bertz CT molecular complexity index is 534. The molecular formula is C13H14ClNO3S. The minimum atomic E-state index is -0.690. The van der Waals surface area contributed by atoms with Crippen LogP contribution in [0.2, 0.25) is 4.34 Å². The first-order valence-electron chi connectivity index (χ1n) is 6.29. The molecule has 1 aliphatic carbocycles. The van der Waals surface area contributed by atoms with Crippen LogP contribution in [-0.4, -0.2) is 35.0 Å². The van der Waals surface area contributed by atoms with Gasteiger partial charge in [-0.05, 0) is 36.8 Å². The van der Waals surface area contributed by atoms with Gasteiger partial charge < -0.3 is 10.0 Å². The first-order valence-corrected chi connectivity index (χ1v) is 7.49. The average molecular weight is 300 g/mol. The third kappa shape index (κ3) is 2.25. The smallest absolute Gasteiger partial charge is 0.307 e. The molecule has 102 valence electrons. The van der Waals surface area contributed by atoms with Crippen molar-refractivity contribution in [3.05, 3.63) is 21.3 Å². The maximum absolute atomic E-state index is 12.2. The Morgan fingerprint density at radius 2 is 2.05 bits per heavy atom. The highest BCUT2D eigenvalue weighted by Crippen LogP contribution is 2.59. The zero-order valence-corrected chi connectivity index (χ0v) is 11.8. The van der Waals surface area contributed by atoms with Crippen LogP contribution in [0.15, 0.2) is 12.1 Å². The first-order chi connectivity index (χ1) is 9.02. The third-order valence-electron chi connectivity index (χ3n) is 4.32. The maximum Gasteiger partial charge on any atom is 0.307 e. The van der Waals surface area contributed by atoms with E-state index >= 15 is 0 Å². The van der Waals surface area contributed by atoms with Crippen molar-refractivity contribution < 1.29 is 14.7 Å². The summed E-state index contributed by atoms with van der Waals surface area (Å²) in [5.74, 6) is -0.870. The maximum atomic E-state index is 12.2. The third-order valence-corrected chi connectivity index (χ3v) is 5.54. The second kappa shape index (κ2) is 4.49. The second-order valence-electron chi connectivity index (χ2n) is 5.35. The molecule has 1 aliphatic heterocycles. The fourth-order valence-electron chi connectivity index (χ4n) is 2.99. The van der Waals surface area contributed by atoms with Gasteiger partial charge in [0.2, 0.25) is 0 Å². The SMILES string of the molecule is O=C(O)C1CC12CCN(C(=O)c1ccc(Cl)s1)CC2. The molecule has 0 radical (unpaired) electrons. The Balaban J connectivity index is 1.62. The molecule has 1 saturated heterocycles. The Hall–Kier alpha value is -1.07. The highest BCUT2D eigenvalue weighted by Gasteiger charge is 2.59. The van der Waals surface area contributed by atoms with Gasteiger partial charge in [-0.2, -0.15) is 0 Å². The molecule has 4 nitrogen and oxygen atoms in total. The van der Waals surface area contributed by atoms with Crippen molar-refractivity contribution >= 4 is 34.8 Å². The Morgan fingerprint density at radius 1 is 1.37 bits per heavy atom. The summed E-state index contributed by atoms with van der Waals surface area (Å²) in [6.07, 6.45) is 2.37. The molecule has 1 aromatic heterocycles. The van der Waals surface area contributed by atoms with Crippen molar-refractivity contribution in [2.24, 2.45) is 11.3 Å². The van der Waals surface area contributed by atoms with Gasteiger partial charge >= 0.3 is 5.97 Å². The van der Waals surface area contributed by atoms with Crippen LogP contribution >= 0.6 is 22.9 Å². The highest BCUT2D eigenvalue weighted by atomic mass is 35.5. The summed E-state index contributed by atoms with van der Waals surface area (Å²) in [6.45, 7) is 1.30. The van der Waals surface area contributed by atoms with Crippen LogP contribution in [0.1, 0.15) is 28.9 Å². The van der Waals surface area contributed by atoms with E-state index in [9.17, 15) is 9.59 Å². The number of thiophene rings is 1. The van der Waals surface area contributed by atoms with Crippen LogP contribution in [0.5, 0.6) is 0 Å². The van der Waals surface area contributed by atoms with Crippen molar-refractivity contribution in [3.63, 3.8) is 0 Å². The minimum absolute atomic E-state index is 0.0132. The molecule has 2 fully saturated rings. The summed E-state index contributed by atoms with van der Waals surface area (Å²) >= 11 is 7.13. The van der Waals surface area contributed by atoms with Crippen LogP contribution in [0.3, 0.4) is 0 Å². The van der Waals surface area contributed by atoms with Gasteiger partial charge in [0, 0.05) is 13.1 Å². The standard InChI is InChI=1S/C13H14ClNO3S/c14-10-2-1-9(19-10)11(16)15-5-3-13(4-6-15)7-8(13)12(17)18/h1-2,8H,3-7H2,(H,17,18). The van der Waals surface area contributed by atoms with E-state index in [1.165, 1.54) is 11.3 Å². The average Bonchev–Trinajstić information content (AvgIpc) is 2.91. The number of piperidine rings is 1. The number of amides is 1.